The minimum absolute atomic E-state index is 0.00902. The lowest BCUT2D eigenvalue weighted by Gasteiger charge is -2.17. The number of benzene rings is 2. The monoisotopic (exact) mass is 480 g/mol. The fourth-order valence-corrected chi connectivity index (χ4v) is 4.94. The average molecular weight is 481 g/mol. The number of hydrogen-bond donors (Lipinski definition) is 2. The molecule has 0 atom stereocenters. The highest BCUT2D eigenvalue weighted by molar-refractivity contribution is 7.89. The number of nitrogens with zero attached hydrogens (tertiary/aromatic N) is 2. The van der Waals surface area contributed by atoms with E-state index in [1.165, 1.54) is 47.8 Å². The summed E-state index contributed by atoms with van der Waals surface area (Å²) in [5.74, 6) is -0.313. The van der Waals surface area contributed by atoms with E-state index in [0.717, 1.165) is 25.0 Å². The Morgan fingerprint density at radius 2 is 1.66 bits per heavy atom. The predicted octanol–water partition coefficient (Wildman–Crippen LogP) is 2.90. The highest BCUT2D eigenvalue weighted by Gasteiger charge is 2.21. The Hall–Kier alpha value is -2.60. The van der Waals surface area contributed by atoms with E-state index in [-0.39, 0.29) is 15.6 Å². The van der Waals surface area contributed by atoms with Gasteiger partial charge in [-0.25, -0.2) is 30.7 Å². The number of aryl methyl sites for hydroxylation is 1. The number of sulfonamides is 2. The molecule has 3 rings (SSSR count). The average Bonchev–Trinajstić information content (AvgIpc) is 3.22. The number of nitrogens with two attached hydrogens (primary N) is 1. The van der Waals surface area contributed by atoms with Crippen LogP contribution in [-0.4, -0.2) is 44.9 Å². The van der Waals surface area contributed by atoms with Gasteiger partial charge in [-0.3, -0.25) is 5.10 Å². The zero-order valence-electron chi connectivity index (χ0n) is 17.5. The van der Waals surface area contributed by atoms with Crippen molar-refractivity contribution in [3.8, 4) is 11.3 Å². The molecule has 32 heavy (non-hydrogen) atoms. The van der Waals surface area contributed by atoms with Crippen LogP contribution in [-0.2, 0) is 26.5 Å². The molecule has 0 amide bonds. The molecule has 0 unspecified atom stereocenters. The Kier molecular flexibility index (Phi) is 7.44. The maximum absolute atomic E-state index is 13.4. The smallest absolute Gasteiger partial charge is 0.242 e. The van der Waals surface area contributed by atoms with E-state index in [2.05, 4.69) is 10.2 Å². The summed E-state index contributed by atoms with van der Waals surface area (Å²) >= 11 is 0. The maximum Gasteiger partial charge on any atom is 0.242 e. The molecule has 0 aliphatic heterocycles. The largest absolute Gasteiger partial charge is 0.282 e. The van der Waals surface area contributed by atoms with Crippen molar-refractivity contribution in [1.29, 1.82) is 0 Å². The second-order valence-electron chi connectivity index (χ2n) is 7.44. The van der Waals surface area contributed by atoms with E-state index in [0.29, 0.717) is 24.2 Å². The van der Waals surface area contributed by atoms with Crippen LogP contribution >= 0.6 is 0 Å². The lowest BCUT2D eigenvalue weighted by Crippen LogP contribution is -2.28. The molecule has 1 aromatic heterocycles. The van der Waals surface area contributed by atoms with E-state index in [4.69, 9.17) is 5.14 Å². The third-order valence-electron chi connectivity index (χ3n) is 5.03. The SMILES string of the molecule is CN(CCCCCc1cc(-c2cccc(F)c2)n[nH]1)S(=O)(=O)c1ccc(S(N)(=O)=O)cc1. The summed E-state index contributed by atoms with van der Waals surface area (Å²) in [5.41, 5.74) is 2.32. The zero-order chi connectivity index (χ0) is 23.4. The fourth-order valence-electron chi connectivity index (χ4n) is 3.21. The molecule has 3 N–H and O–H groups in total. The van der Waals surface area contributed by atoms with Crippen molar-refractivity contribution < 1.29 is 21.2 Å². The molecule has 1 heterocycles. The van der Waals surface area contributed by atoms with E-state index in [1.54, 1.807) is 12.1 Å². The van der Waals surface area contributed by atoms with Crippen LogP contribution in [0.25, 0.3) is 11.3 Å². The van der Waals surface area contributed by atoms with Gasteiger partial charge in [-0.1, -0.05) is 18.6 Å². The van der Waals surface area contributed by atoms with Crippen LogP contribution in [0, 0.1) is 5.82 Å². The lowest BCUT2D eigenvalue weighted by atomic mass is 10.1. The minimum Gasteiger partial charge on any atom is -0.282 e. The number of nitrogens with one attached hydrogen (secondary N) is 1. The van der Waals surface area contributed by atoms with Gasteiger partial charge in [-0.2, -0.15) is 5.10 Å². The molecule has 11 heteroatoms. The van der Waals surface area contributed by atoms with Crippen molar-refractivity contribution in [2.24, 2.45) is 5.14 Å². The quantitative estimate of drug-likeness (QED) is 0.432. The molecule has 2 aromatic carbocycles. The molecule has 0 fully saturated rings. The number of halogens is 1. The third-order valence-corrected chi connectivity index (χ3v) is 7.83. The van der Waals surface area contributed by atoms with Gasteiger partial charge in [0.25, 0.3) is 0 Å². The van der Waals surface area contributed by atoms with Gasteiger partial charge in [0.2, 0.25) is 20.0 Å². The first-order valence-electron chi connectivity index (χ1n) is 9.97. The van der Waals surface area contributed by atoms with Gasteiger partial charge in [0.1, 0.15) is 5.82 Å². The molecule has 0 aliphatic carbocycles. The lowest BCUT2D eigenvalue weighted by molar-refractivity contribution is 0.452. The Labute approximate surface area is 187 Å². The highest BCUT2D eigenvalue weighted by atomic mass is 32.2. The zero-order valence-corrected chi connectivity index (χ0v) is 19.2. The molecule has 0 saturated carbocycles. The molecule has 0 aliphatic rings. The van der Waals surface area contributed by atoms with Crippen molar-refractivity contribution in [3.63, 3.8) is 0 Å². The fraction of sp³-hybridized carbons (Fsp3) is 0.286. The van der Waals surface area contributed by atoms with Crippen LogP contribution in [0.2, 0.25) is 0 Å². The van der Waals surface area contributed by atoms with Gasteiger partial charge in [-0.05, 0) is 61.7 Å². The predicted molar refractivity (Wildman–Crippen MR) is 119 cm³/mol. The normalized spacial score (nSPS) is 12.4. The first-order valence-corrected chi connectivity index (χ1v) is 13.0. The molecule has 8 nitrogen and oxygen atoms in total. The van der Waals surface area contributed by atoms with Crippen LogP contribution in [0.15, 0.2) is 64.4 Å². The maximum atomic E-state index is 13.4. The van der Waals surface area contributed by atoms with E-state index in [9.17, 15) is 21.2 Å². The van der Waals surface area contributed by atoms with Gasteiger partial charge < -0.3 is 0 Å². The van der Waals surface area contributed by atoms with Crippen LogP contribution in [0.4, 0.5) is 4.39 Å². The van der Waals surface area contributed by atoms with Gasteiger partial charge >= 0.3 is 0 Å². The number of aromatic amines is 1. The molecule has 172 valence electrons. The molecule has 0 spiro atoms. The first kappa shape index (κ1) is 24.1. The number of primary sulfonamides is 1. The topological polar surface area (TPSA) is 126 Å². The Balaban J connectivity index is 1.47. The summed E-state index contributed by atoms with van der Waals surface area (Å²) in [6.45, 7) is 0.330. The van der Waals surface area contributed by atoms with Gasteiger partial charge in [0.15, 0.2) is 0 Å². The molecule has 0 saturated heterocycles. The number of rotatable bonds is 10. The molecule has 0 bridgehead atoms. The summed E-state index contributed by atoms with van der Waals surface area (Å²) in [7, 11) is -6.11. The Morgan fingerprint density at radius 1 is 0.969 bits per heavy atom. The van der Waals surface area contributed by atoms with Crippen molar-refractivity contribution >= 4 is 20.0 Å². The Morgan fingerprint density at radius 3 is 2.31 bits per heavy atom. The van der Waals surface area contributed by atoms with Gasteiger partial charge in [-0.15, -0.1) is 0 Å². The van der Waals surface area contributed by atoms with Crippen LogP contribution < -0.4 is 5.14 Å². The number of unbranched alkanes of at least 4 members (excludes halogenated alkanes) is 2. The number of hydrogen-bond acceptors (Lipinski definition) is 5. The molecular weight excluding hydrogens is 455 g/mol. The minimum atomic E-state index is -3.88. The van der Waals surface area contributed by atoms with Crippen LogP contribution in [0.5, 0.6) is 0 Å². The molecule has 0 radical (unpaired) electrons. The number of aromatic nitrogens is 2. The standard InChI is InChI=1S/C21H25FN4O4S2/c1-26(32(29,30)20-11-9-19(10-12-20)31(23,27)28)13-4-2-3-8-18-15-21(25-24-18)16-6-5-7-17(22)14-16/h5-7,9-12,14-15H,2-4,8,13H2,1H3,(H,24,25)(H2,23,27,28). The molecule has 3 aromatic rings. The third kappa shape index (κ3) is 6.00. The van der Waals surface area contributed by atoms with Crippen LogP contribution in [0.1, 0.15) is 25.0 Å². The molecular formula is C21H25FN4O4S2. The first-order chi connectivity index (χ1) is 15.1. The second-order valence-corrected chi connectivity index (χ2v) is 11.0. The highest BCUT2D eigenvalue weighted by Crippen LogP contribution is 2.20. The summed E-state index contributed by atoms with van der Waals surface area (Å²) in [5, 5.41) is 12.2. The van der Waals surface area contributed by atoms with Crippen LogP contribution in [0.3, 0.4) is 0 Å². The van der Waals surface area contributed by atoms with Crippen molar-refractivity contribution in [1.82, 2.24) is 14.5 Å². The van der Waals surface area contributed by atoms with E-state index >= 15 is 0 Å². The summed E-state index contributed by atoms with van der Waals surface area (Å²) < 4.78 is 62.5. The summed E-state index contributed by atoms with van der Waals surface area (Å²) in [6.07, 6.45) is 3.05. The van der Waals surface area contributed by atoms with Crippen molar-refractivity contribution in [3.05, 3.63) is 66.1 Å². The van der Waals surface area contributed by atoms with Gasteiger partial charge in [0, 0.05) is 24.8 Å². The Bertz CT molecular complexity index is 1270. The van der Waals surface area contributed by atoms with E-state index < -0.39 is 20.0 Å². The summed E-state index contributed by atoms with van der Waals surface area (Å²) in [6, 6.07) is 13.0. The van der Waals surface area contributed by atoms with Gasteiger partial charge in [0.05, 0.1) is 15.5 Å². The van der Waals surface area contributed by atoms with E-state index in [1.807, 2.05) is 6.07 Å². The van der Waals surface area contributed by atoms with Crippen molar-refractivity contribution in [2.45, 2.75) is 35.5 Å². The summed E-state index contributed by atoms with van der Waals surface area (Å²) in [4.78, 5) is -0.131. The van der Waals surface area contributed by atoms with Crippen molar-refractivity contribution in [2.75, 3.05) is 13.6 Å². The number of H-pyrrole nitrogens is 1. The second kappa shape index (κ2) is 9.90.